The molecular weight excluding hydrogens is 289 g/mol. The Bertz CT molecular complexity index is 388. The molecule has 0 bridgehead atoms. The molecule has 0 spiro atoms. The SMILES string of the molecule is COc1cc(C(F)(F)F)cc(Br)c1C(C)O. The molecule has 1 rings (SSSR count). The van der Waals surface area contributed by atoms with Gasteiger partial charge in [-0.1, -0.05) is 15.9 Å². The van der Waals surface area contributed by atoms with E-state index in [1.807, 2.05) is 0 Å². The average Bonchev–Trinajstić information content (AvgIpc) is 2.14. The first-order chi connectivity index (χ1) is 7.27. The fourth-order valence-corrected chi connectivity index (χ4v) is 2.10. The molecule has 1 unspecified atom stereocenters. The van der Waals surface area contributed by atoms with Gasteiger partial charge in [-0.15, -0.1) is 0 Å². The molecule has 90 valence electrons. The Morgan fingerprint density at radius 1 is 1.38 bits per heavy atom. The summed E-state index contributed by atoms with van der Waals surface area (Å²) in [6, 6.07) is 1.79. The maximum absolute atomic E-state index is 12.5. The molecule has 1 aromatic carbocycles. The number of benzene rings is 1. The van der Waals surface area contributed by atoms with E-state index in [2.05, 4.69) is 15.9 Å². The first-order valence-corrected chi connectivity index (χ1v) is 5.19. The normalized spacial score (nSPS) is 13.7. The molecule has 1 aromatic rings. The van der Waals surface area contributed by atoms with E-state index in [0.717, 1.165) is 12.1 Å². The molecule has 1 N–H and O–H groups in total. The fraction of sp³-hybridized carbons (Fsp3) is 0.400. The zero-order chi connectivity index (χ0) is 12.5. The van der Waals surface area contributed by atoms with Crippen LogP contribution < -0.4 is 4.74 Å². The zero-order valence-corrected chi connectivity index (χ0v) is 10.2. The number of halogens is 4. The minimum absolute atomic E-state index is 0.0108. The topological polar surface area (TPSA) is 29.5 Å². The van der Waals surface area contributed by atoms with Gasteiger partial charge in [-0.05, 0) is 19.1 Å². The molecule has 2 nitrogen and oxygen atoms in total. The van der Waals surface area contributed by atoms with Crippen molar-refractivity contribution in [3.05, 3.63) is 27.7 Å². The summed E-state index contributed by atoms with van der Waals surface area (Å²) in [7, 11) is 1.26. The molecule has 0 amide bonds. The van der Waals surface area contributed by atoms with Gasteiger partial charge in [-0.25, -0.2) is 0 Å². The van der Waals surface area contributed by atoms with Crippen LogP contribution in [0.1, 0.15) is 24.2 Å². The van der Waals surface area contributed by atoms with Crippen molar-refractivity contribution in [2.75, 3.05) is 7.11 Å². The smallest absolute Gasteiger partial charge is 0.416 e. The first-order valence-electron chi connectivity index (χ1n) is 4.40. The van der Waals surface area contributed by atoms with Crippen LogP contribution in [0.5, 0.6) is 5.75 Å². The summed E-state index contributed by atoms with van der Waals surface area (Å²) in [6.07, 6.45) is -5.35. The van der Waals surface area contributed by atoms with Gasteiger partial charge in [0.15, 0.2) is 0 Å². The van der Waals surface area contributed by atoms with Crippen LogP contribution in [-0.4, -0.2) is 12.2 Å². The van der Waals surface area contributed by atoms with Crippen molar-refractivity contribution in [2.45, 2.75) is 19.2 Å². The minimum Gasteiger partial charge on any atom is -0.496 e. The molecule has 0 fully saturated rings. The molecule has 0 heterocycles. The van der Waals surface area contributed by atoms with E-state index in [9.17, 15) is 18.3 Å². The number of rotatable bonds is 2. The summed E-state index contributed by atoms with van der Waals surface area (Å²) in [5.41, 5.74) is -0.517. The third-order valence-electron chi connectivity index (χ3n) is 2.06. The third-order valence-corrected chi connectivity index (χ3v) is 2.71. The summed E-state index contributed by atoms with van der Waals surface area (Å²) < 4.78 is 42.4. The van der Waals surface area contributed by atoms with Gasteiger partial charge >= 0.3 is 6.18 Å². The summed E-state index contributed by atoms with van der Waals surface area (Å²) >= 11 is 2.99. The lowest BCUT2D eigenvalue weighted by Gasteiger charge is -2.16. The molecule has 0 aliphatic rings. The molecular formula is C10H10BrF3O2. The van der Waals surface area contributed by atoms with Crippen LogP contribution in [0.4, 0.5) is 13.2 Å². The van der Waals surface area contributed by atoms with E-state index < -0.39 is 17.8 Å². The van der Waals surface area contributed by atoms with Crippen molar-refractivity contribution < 1.29 is 23.0 Å². The maximum Gasteiger partial charge on any atom is 0.416 e. The molecule has 0 aliphatic heterocycles. The number of methoxy groups -OCH3 is 1. The lowest BCUT2D eigenvalue weighted by atomic mass is 10.1. The van der Waals surface area contributed by atoms with E-state index >= 15 is 0 Å². The second-order valence-corrected chi connectivity index (χ2v) is 4.10. The van der Waals surface area contributed by atoms with Crippen LogP contribution in [0, 0.1) is 0 Å². The monoisotopic (exact) mass is 298 g/mol. The predicted molar refractivity (Wildman–Crippen MR) is 56.3 cm³/mol. The van der Waals surface area contributed by atoms with Gasteiger partial charge in [0.25, 0.3) is 0 Å². The molecule has 1 atom stereocenters. The lowest BCUT2D eigenvalue weighted by Crippen LogP contribution is -2.07. The predicted octanol–water partition coefficient (Wildman–Crippen LogP) is 3.53. The van der Waals surface area contributed by atoms with Crippen LogP contribution >= 0.6 is 15.9 Å². The van der Waals surface area contributed by atoms with E-state index in [0.29, 0.717) is 5.56 Å². The van der Waals surface area contributed by atoms with Gasteiger partial charge in [-0.3, -0.25) is 0 Å². The largest absolute Gasteiger partial charge is 0.496 e. The van der Waals surface area contributed by atoms with E-state index in [4.69, 9.17) is 4.74 Å². The van der Waals surface area contributed by atoms with Crippen molar-refractivity contribution in [1.82, 2.24) is 0 Å². The van der Waals surface area contributed by atoms with Crippen molar-refractivity contribution in [3.63, 3.8) is 0 Å². The highest BCUT2D eigenvalue weighted by Crippen LogP contribution is 2.39. The maximum atomic E-state index is 12.5. The Kier molecular flexibility index (Phi) is 3.85. The average molecular weight is 299 g/mol. The zero-order valence-electron chi connectivity index (χ0n) is 8.60. The summed E-state index contributed by atoms with van der Waals surface area (Å²) in [6.45, 7) is 1.45. The van der Waals surface area contributed by atoms with Gasteiger partial charge in [0.1, 0.15) is 5.75 Å². The van der Waals surface area contributed by atoms with Crippen molar-refractivity contribution in [3.8, 4) is 5.75 Å². The number of alkyl halides is 3. The van der Waals surface area contributed by atoms with Crippen molar-refractivity contribution in [1.29, 1.82) is 0 Å². The highest BCUT2D eigenvalue weighted by molar-refractivity contribution is 9.10. The van der Waals surface area contributed by atoms with Crippen LogP contribution in [0.15, 0.2) is 16.6 Å². The van der Waals surface area contributed by atoms with E-state index in [1.165, 1.54) is 14.0 Å². The summed E-state index contributed by atoms with van der Waals surface area (Å²) in [4.78, 5) is 0. The summed E-state index contributed by atoms with van der Waals surface area (Å²) in [5, 5.41) is 9.42. The van der Waals surface area contributed by atoms with Gasteiger partial charge < -0.3 is 9.84 Å². The summed E-state index contributed by atoms with van der Waals surface area (Å²) in [5.74, 6) is 0.0108. The highest BCUT2D eigenvalue weighted by Gasteiger charge is 2.32. The number of aliphatic hydroxyl groups excluding tert-OH is 1. The van der Waals surface area contributed by atoms with Crippen LogP contribution in [0.2, 0.25) is 0 Å². The van der Waals surface area contributed by atoms with Gasteiger partial charge in [0.05, 0.1) is 18.8 Å². The molecule has 0 aliphatic carbocycles. The van der Waals surface area contributed by atoms with Gasteiger partial charge in [0, 0.05) is 10.0 Å². The second-order valence-electron chi connectivity index (χ2n) is 3.25. The van der Waals surface area contributed by atoms with E-state index in [-0.39, 0.29) is 10.2 Å². The van der Waals surface area contributed by atoms with Gasteiger partial charge in [0.2, 0.25) is 0 Å². The minimum atomic E-state index is -4.44. The fourth-order valence-electron chi connectivity index (χ4n) is 1.33. The van der Waals surface area contributed by atoms with Crippen molar-refractivity contribution >= 4 is 15.9 Å². The Labute approximate surface area is 99.2 Å². The highest BCUT2D eigenvalue weighted by atomic mass is 79.9. The third kappa shape index (κ3) is 2.68. The van der Waals surface area contributed by atoms with E-state index in [1.54, 1.807) is 0 Å². The standard InChI is InChI=1S/C10H10BrF3O2/c1-5(15)9-7(11)3-6(10(12,13)14)4-8(9)16-2/h3-5,15H,1-2H3. The van der Waals surface area contributed by atoms with Crippen LogP contribution in [0.25, 0.3) is 0 Å². The molecule has 0 saturated heterocycles. The van der Waals surface area contributed by atoms with Crippen molar-refractivity contribution in [2.24, 2.45) is 0 Å². The number of hydrogen-bond donors (Lipinski definition) is 1. The molecule has 0 aromatic heterocycles. The Balaban J connectivity index is 3.38. The van der Waals surface area contributed by atoms with Crippen LogP contribution in [0.3, 0.4) is 0 Å². The molecule has 6 heteroatoms. The van der Waals surface area contributed by atoms with Crippen LogP contribution in [-0.2, 0) is 6.18 Å². The first kappa shape index (κ1) is 13.3. The lowest BCUT2D eigenvalue weighted by molar-refractivity contribution is -0.137. The number of aliphatic hydroxyl groups is 1. The van der Waals surface area contributed by atoms with Gasteiger partial charge in [-0.2, -0.15) is 13.2 Å². The Hall–Kier alpha value is -0.750. The molecule has 16 heavy (non-hydrogen) atoms. The number of ether oxygens (including phenoxy) is 1. The quantitative estimate of drug-likeness (QED) is 0.905. The molecule has 0 radical (unpaired) electrons. The Morgan fingerprint density at radius 2 is 1.94 bits per heavy atom. The molecule has 0 saturated carbocycles. The number of hydrogen-bond acceptors (Lipinski definition) is 2. The second kappa shape index (κ2) is 4.63. The Morgan fingerprint density at radius 3 is 2.31 bits per heavy atom.